The minimum Gasteiger partial charge on any atom is -0.495 e. The maximum atomic E-state index is 12.8. The number of benzene rings is 1. The number of anilines is 1. The summed E-state index contributed by atoms with van der Waals surface area (Å²) in [6.07, 6.45) is 1.73. The molecule has 1 aromatic rings. The first-order valence-corrected chi connectivity index (χ1v) is 7.69. The lowest BCUT2D eigenvalue weighted by Crippen LogP contribution is -2.42. The van der Waals surface area contributed by atoms with E-state index in [2.05, 4.69) is 0 Å². The van der Waals surface area contributed by atoms with Crippen LogP contribution in [0.3, 0.4) is 0 Å². The van der Waals surface area contributed by atoms with E-state index in [9.17, 15) is 8.42 Å². The van der Waals surface area contributed by atoms with E-state index in [0.717, 1.165) is 12.8 Å². The summed E-state index contributed by atoms with van der Waals surface area (Å²) in [5, 5.41) is 0. The highest BCUT2D eigenvalue weighted by atomic mass is 32.2. The van der Waals surface area contributed by atoms with E-state index in [4.69, 9.17) is 10.5 Å². The van der Waals surface area contributed by atoms with Crippen LogP contribution in [0.1, 0.15) is 26.7 Å². The standard InChI is InChI=1S/C13H20N2O3S/c1-13(2)7-4-8-15(13)19(16,17)12-9-10(14)5-6-11(12)18-3/h5-6,9H,4,7-8,14H2,1-3H3. The summed E-state index contributed by atoms with van der Waals surface area (Å²) in [7, 11) is -2.13. The number of sulfonamides is 1. The van der Waals surface area contributed by atoms with Crippen LogP contribution in [-0.4, -0.2) is 31.9 Å². The van der Waals surface area contributed by atoms with Crippen LogP contribution in [0.4, 0.5) is 5.69 Å². The zero-order valence-electron chi connectivity index (χ0n) is 11.5. The van der Waals surface area contributed by atoms with Gasteiger partial charge in [0, 0.05) is 17.8 Å². The van der Waals surface area contributed by atoms with Crippen molar-refractivity contribution in [1.29, 1.82) is 0 Å². The normalized spacial score (nSPS) is 19.5. The van der Waals surface area contributed by atoms with E-state index in [0.29, 0.717) is 18.0 Å². The Morgan fingerprint density at radius 3 is 2.58 bits per heavy atom. The quantitative estimate of drug-likeness (QED) is 0.860. The molecule has 1 aliphatic rings. The Morgan fingerprint density at radius 1 is 1.37 bits per heavy atom. The largest absolute Gasteiger partial charge is 0.495 e. The SMILES string of the molecule is COc1ccc(N)cc1S(=O)(=O)N1CCCC1(C)C. The first kappa shape index (κ1) is 14.1. The van der Waals surface area contributed by atoms with Crippen molar-refractivity contribution in [2.75, 3.05) is 19.4 Å². The average molecular weight is 284 g/mol. The van der Waals surface area contributed by atoms with Crippen molar-refractivity contribution in [2.24, 2.45) is 0 Å². The van der Waals surface area contributed by atoms with Crippen LogP contribution < -0.4 is 10.5 Å². The third-order valence-corrected chi connectivity index (χ3v) is 5.71. The molecule has 0 unspecified atom stereocenters. The fourth-order valence-corrected chi connectivity index (χ4v) is 4.58. The third kappa shape index (κ3) is 2.42. The van der Waals surface area contributed by atoms with Crippen LogP contribution in [0.5, 0.6) is 5.75 Å². The van der Waals surface area contributed by atoms with Crippen molar-refractivity contribution in [2.45, 2.75) is 37.1 Å². The van der Waals surface area contributed by atoms with E-state index in [1.807, 2.05) is 13.8 Å². The number of rotatable bonds is 3. The van der Waals surface area contributed by atoms with Gasteiger partial charge in [-0.2, -0.15) is 4.31 Å². The van der Waals surface area contributed by atoms with E-state index >= 15 is 0 Å². The first-order chi connectivity index (χ1) is 8.79. The Kier molecular flexibility index (Phi) is 3.49. The molecule has 1 saturated heterocycles. The molecule has 0 aromatic heterocycles. The van der Waals surface area contributed by atoms with Crippen LogP contribution in [-0.2, 0) is 10.0 Å². The number of nitrogen functional groups attached to an aromatic ring is 1. The molecule has 106 valence electrons. The Bertz CT molecular complexity index is 582. The molecule has 2 N–H and O–H groups in total. The second-order valence-corrected chi connectivity index (χ2v) is 7.23. The molecule has 0 aliphatic carbocycles. The van der Waals surface area contributed by atoms with Crippen molar-refractivity contribution >= 4 is 15.7 Å². The molecule has 1 aliphatic heterocycles. The molecule has 0 radical (unpaired) electrons. The number of ether oxygens (including phenoxy) is 1. The predicted molar refractivity (Wildman–Crippen MR) is 74.6 cm³/mol. The van der Waals surface area contributed by atoms with E-state index < -0.39 is 10.0 Å². The van der Waals surface area contributed by atoms with Crippen molar-refractivity contribution in [3.05, 3.63) is 18.2 Å². The van der Waals surface area contributed by atoms with Crippen molar-refractivity contribution in [3.63, 3.8) is 0 Å². The summed E-state index contributed by atoms with van der Waals surface area (Å²) in [6.45, 7) is 4.42. The molecule has 0 amide bonds. The Labute approximate surface area is 114 Å². The lowest BCUT2D eigenvalue weighted by atomic mass is 10.0. The van der Waals surface area contributed by atoms with E-state index in [1.54, 1.807) is 12.1 Å². The minimum atomic E-state index is -3.58. The van der Waals surface area contributed by atoms with Gasteiger partial charge < -0.3 is 10.5 Å². The van der Waals surface area contributed by atoms with Gasteiger partial charge in [-0.1, -0.05) is 0 Å². The average Bonchev–Trinajstić information content (AvgIpc) is 2.69. The van der Waals surface area contributed by atoms with Gasteiger partial charge in [-0.3, -0.25) is 0 Å². The van der Waals surface area contributed by atoms with Gasteiger partial charge in [-0.05, 0) is 44.9 Å². The molecule has 19 heavy (non-hydrogen) atoms. The van der Waals surface area contributed by atoms with Gasteiger partial charge in [0.2, 0.25) is 10.0 Å². The van der Waals surface area contributed by atoms with Gasteiger partial charge >= 0.3 is 0 Å². The summed E-state index contributed by atoms with van der Waals surface area (Å²) in [4.78, 5) is 0.143. The second-order valence-electron chi connectivity index (χ2n) is 5.40. The summed E-state index contributed by atoms with van der Waals surface area (Å²) in [5.41, 5.74) is 5.75. The van der Waals surface area contributed by atoms with Gasteiger partial charge in [0.1, 0.15) is 10.6 Å². The molecule has 1 aromatic carbocycles. The molecule has 0 spiro atoms. The number of nitrogens with two attached hydrogens (primary N) is 1. The lowest BCUT2D eigenvalue weighted by molar-refractivity contribution is 0.290. The fraction of sp³-hybridized carbons (Fsp3) is 0.538. The molecule has 0 bridgehead atoms. The van der Waals surface area contributed by atoms with Gasteiger partial charge in [0.15, 0.2) is 0 Å². The second kappa shape index (κ2) is 4.68. The van der Waals surface area contributed by atoms with Crippen molar-refractivity contribution < 1.29 is 13.2 Å². The van der Waals surface area contributed by atoms with Gasteiger partial charge in [-0.25, -0.2) is 8.42 Å². The first-order valence-electron chi connectivity index (χ1n) is 6.25. The maximum absolute atomic E-state index is 12.8. The van der Waals surface area contributed by atoms with Gasteiger partial charge in [0.05, 0.1) is 7.11 Å². The Morgan fingerprint density at radius 2 is 2.05 bits per heavy atom. The zero-order valence-corrected chi connectivity index (χ0v) is 12.3. The topological polar surface area (TPSA) is 72.6 Å². The third-order valence-electron chi connectivity index (χ3n) is 3.58. The Balaban J connectivity index is 2.54. The van der Waals surface area contributed by atoms with Crippen LogP contribution in [0.25, 0.3) is 0 Å². The van der Waals surface area contributed by atoms with Gasteiger partial charge in [-0.15, -0.1) is 0 Å². The highest BCUT2D eigenvalue weighted by Crippen LogP contribution is 2.37. The molecular weight excluding hydrogens is 264 g/mol. The summed E-state index contributed by atoms with van der Waals surface area (Å²) >= 11 is 0. The van der Waals surface area contributed by atoms with Crippen molar-refractivity contribution in [1.82, 2.24) is 4.31 Å². The zero-order chi connectivity index (χ0) is 14.3. The van der Waals surface area contributed by atoms with Gasteiger partial charge in [0.25, 0.3) is 0 Å². The fourth-order valence-electron chi connectivity index (χ4n) is 2.54. The molecule has 0 atom stereocenters. The van der Waals surface area contributed by atoms with Crippen LogP contribution in [0.2, 0.25) is 0 Å². The predicted octanol–water partition coefficient (Wildman–Crippen LogP) is 1.84. The number of hydrogen-bond acceptors (Lipinski definition) is 4. The monoisotopic (exact) mass is 284 g/mol. The van der Waals surface area contributed by atoms with Crippen LogP contribution >= 0.6 is 0 Å². The van der Waals surface area contributed by atoms with Crippen LogP contribution in [0.15, 0.2) is 23.1 Å². The molecule has 6 heteroatoms. The molecule has 2 rings (SSSR count). The number of hydrogen-bond donors (Lipinski definition) is 1. The molecule has 0 saturated carbocycles. The summed E-state index contributed by atoms with van der Waals surface area (Å²) in [5.74, 6) is 0.330. The summed E-state index contributed by atoms with van der Waals surface area (Å²) < 4.78 is 32.2. The molecule has 1 fully saturated rings. The molecular formula is C13H20N2O3S. The van der Waals surface area contributed by atoms with Crippen molar-refractivity contribution in [3.8, 4) is 5.75 Å². The molecule has 5 nitrogen and oxygen atoms in total. The lowest BCUT2D eigenvalue weighted by Gasteiger charge is -2.31. The smallest absolute Gasteiger partial charge is 0.247 e. The Hall–Kier alpha value is -1.27. The summed E-state index contributed by atoms with van der Waals surface area (Å²) in [6, 6.07) is 4.68. The maximum Gasteiger partial charge on any atom is 0.247 e. The minimum absolute atomic E-state index is 0.143. The highest BCUT2D eigenvalue weighted by Gasteiger charge is 2.41. The highest BCUT2D eigenvalue weighted by molar-refractivity contribution is 7.89. The number of methoxy groups -OCH3 is 1. The van der Waals surface area contributed by atoms with E-state index in [1.165, 1.54) is 17.5 Å². The van der Waals surface area contributed by atoms with Crippen LogP contribution in [0, 0.1) is 0 Å². The van der Waals surface area contributed by atoms with E-state index in [-0.39, 0.29) is 10.4 Å². The molecule has 1 heterocycles. The number of nitrogens with zero attached hydrogens (tertiary/aromatic N) is 1.